The Morgan fingerprint density at radius 3 is 2.35 bits per heavy atom. The smallest absolute Gasteiger partial charge is 0.323 e. The molecule has 2 aromatic rings. The Morgan fingerprint density at radius 1 is 1.10 bits per heavy atom. The number of hydrogen-bond acceptors (Lipinski definition) is 3. The van der Waals surface area contributed by atoms with Crippen LogP contribution >= 0.6 is 11.8 Å². The second-order valence-corrected chi connectivity index (χ2v) is 5.25. The largest absolute Gasteiger partial charge is 0.417 e. The molecule has 106 valence electrons. The quantitative estimate of drug-likeness (QED) is 0.870. The average molecular weight is 298 g/mol. The fourth-order valence-corrected chi connectivity index (χ4v) is 2.44. The van der Waals surface area contributed by atoms with Crippen molar-refractivity contribution >= 4 is 11.8 Å². The van der Waals surface area contributed by atoms with Crippen molar-refractivity contribution in [3.8, 4) is 0 Å². The van der Waals surface area contributed by atoms with Crippen LogP contribution in [0.5, 0.6) is 0 Å². The highest BCUT2D eigenvalue weighted by molar-refractivity contribution is 7.99. The van der Waals surface area contributed by atoms with Gasteiger partial charge in [0.25, 0.3) is 0 Å². The van der Waals surface area contributed by atoms with Crippen molar-refractivity contribution < 1.29 is 13.2 Å². The first kappa shape index (κ1) is 14.9. The van der Waals surface area contributed by atoms with Crippen LogP contribution in [0.25, 0.3) is 0 Å². The maximum Gasteiger partial charge on any atom is 0.417 e. The van der Waals surface area contributed by atoms with Gasteiger partial charge < -0.3 is 5.73 Å². The molecule has 0 saturated carbocycles. The zero-order chi connectivity index (χ0) is 14.6. The molecule has 0 saturated heterocycles. The van der Waals surface area contributed by atoms with Gasteiger partial charge in [0.1, 0.15) is 0 Å². The number of halogens is 3. The molecule has 2 nitrogen and oxygen atoms in total. The Hall–Kier alpha value is -1.53. The molecule has 1 aromatic heterocycles. The van der Waals surface area contributed by atoms with Gasteiger partial charge in [0.05, 0.1) is 10.6 Å². The minimum absolute atomic E-state index is 0.176. The second-order valence-electron chi connectivity index (χ2n) is 4.21. The molecule has 0 amide bonds. The predicted molar refractivity (Wildman–Crippen MR) is 73.3 cm³/mol. The lowest BCUT2D eigenvalue weighted by Crippen LogP contribution is -2.12. The standard InChI is InChI=1S/C14H13F3N2S/c15-14(16,17)11-6-7-13(19-8-11)20-9-12(18)10-4-2-1-3-5-10/h1-8,12H,9,18H2. The van der Waals surface area contributed by atoms with Gasteiger partial charge in [-0.2, -0.15) is 13.2 Å². The first-order valence-electron chi connectivity index (χ1n) is 5.93. The lowest BCUT2D eigenvalue weighted by atomic mass is 10.1. The van der Waals surface area contributed by atoms with E-state index in [1.807, 2.05) is 30.3 Å². The Kier molecular flexibility index (Phi) is 4.67. The monoisotopic (exact) mass is 298 g/mol. The topological polar surface area (TPSA) is 38.9 Å². The maximum absolute atomic E-state index is 12.4. The van der Waals surface area contributed by atoms with E-state index < -0.39 is 11.7 Å². The molecule has 0 aliphatic carbocycles. The van der Waals surface area contributed by atoms with E-state index in [9.17, 15) is 13.2 Å². The van der Waals surface area contributed by atoms with Gasteiger partial charge in [-0.05, 0) is 17.7 Å². The summed E-state index contributed by atoms with van der Waals surface area (Å²) in [6.45, 7) is 0. The summed E-state index contributed by atoms with van der Waals surface area (Å²) in [6, 6.07) is 11.8. The van der Waals surface area contributed by atoms with Crippen LogP contribution in [0.4, 0.5) is 13.2 Å². The molecule has 1 unspecified atom stereocenters. The van der Waals surface area contributed by atoms with Gasteiger partial charge in [0.15, 0.2) is 0 Å². The van der Waals surface area contributed by atoms with Crippen molar-refractivity contribution in [2.75, 3.05) is 5.75 Å². The summed E-state index contributed by atoms with van der Waals surface area (Å²) in [5.74, 6) is 0.558. The molecule has 2 N–H and O–H groups in total. The summed E-state index contributed by atoms with van der Waals surface area (Å²) in [7, 11) is 0. The van der Waals surface area contributed by atoms with Crippen LogP contribution in [0.3, 0.4) is 0 Å². The zero-order valence-electron chi connectivity index (χ0n) is 10.5. The van der Waals surface area contributed by atoms with Crippen molar-refractivity contribution in [2.24, 2.45) is 5.73 Å². The summed E-state index contributed by atoms with van der Waals surface area (Å²) in [6.07, 6.45) is -3.51. The minimum Gasteiger partial charge on any atom is -0.323 e. The molecule has 0 spiro atoms. The van der Waals surface area contributed by atoms with E-state index in [2.05, 4.69) is 4.98 Å². The molecule has 1 atom stereocenters. The number of benzene rings is 1. The van der Waals surface area contributed by atoms with Gasteiger partial charge in [-0.1, -0.05) is 30.3 Å². The Bertz CT molecular complexity index is 541. The Morgan fingerprint density at radius 2 is 1.80 bits per heavy atom. The lowest BCUT2D eigenvalue weighted by molar-refractivity contribution is -0.137. The molecule has 0 radical (unpaired) electrons. The van der Waals surface area contributed by atoms with E-state index >= 15 is 0 Å². The number of thioether (sulfide) groups is 1. The number of alkyl halides is 3. The Balaban J connectivity index is 1.94. The molecule has 0 bridgehead atoms. The van der Waals surface area contributed by atoms with Gasteiger partial charge in [-0.15, -0.1) is 11.8 Å². The van der Waals surface area contributed by atoms with Gasteiger partial charge in [0, 0.05) is 18.0 Å². The van der Waals surface area contributed by atoms with Crippen molar-refractivity contribution in [3.05, 3.63) is 59.8 Å². The van der Waals surface area contributed by atoms with Crippen LogP contribution in [0.15, 0.2) is 53.7 Å². The third-order valence-electron chi connectivity index (χ3n) is 2.70. The third-order valence-corrected chi connectivity index (χ3v) is 3.77. The van der Waals surface area contributed by atoms with Crippen molar-refractivity contribution in [1.29, 1.82) is 0 Å². The maximum atomic E-state index is 12.4. The van der Waals surface area contributed by atoms with E-state index in [0.29, 0.717) is 10.8 Å². The summed E-state index contributed by atoms with van der Waals surface area (Å²) in [4.78, 5) is 3.80. The van der Waals surface area contributed by atoms with Crippen LogP contribution in [-0.4, -0.2) is 10.7 Å². The van der Waals surface area contributed by atoms with Crippen LogP contribution in [0, 0.1) is 0 Å². The number of pyridine rings is 1. The summed E-state index contributed by atoms with van der Waals surface area (Å²) >= 11 is 1.34. The first-order valence-corrected chi connectivity index (χ1v) is 6.92. The molecule has 1 aromatic carbocycles. The van der Waals surface area contributed by atoms with Crippen molar-refractivity contribution in [3.63, 3.8) is 0 Å². The molecule has 0 aliphatic rings. The van der Waals surface area contributed by atoms with E-state index in [4.69, 9.17) is 5.73 Å². The van der Waals surface area contributed by atoms with Crippen LogP contribution in [-0.2, 0) is 6.18 Å². The number of nitrogens with zero attached hydrogens (tertiary/aromatic N) is 1. The number of hydrogen-bond donors (Lipinski definition) is 1. The first-order chi connectivity index (χ1) is 9.47. The summed E-state index contributed by atoms with van der Waals surface area (Å²) in [5, 5.41) is 0.532. The van der Waals surface area contributed by atoms with Crippen LogP contribution in [0.2, 0.25) is 0 Å². The van der Waals surface area contributed by atoms with Crippen molar-refractivity contribution in [1.82, 2.24) is 4.98 Å². The zero-order valence-corrected chi connectivity index (χ0v) is 11.3. The van der Waals surface area contributed by atoms with Crippen LogP contribution < -0.4 is 5.73 Å². The number of aromatic nitrogens is 1. The lowest BCUT2D eigenvalue weighted by Gasteiger charge is -2.11. The van der Waals surface area contributed by atoms with E-state index in [1.165, 1.54) is 17.8 Å². The van der Waals surface area contributed by atoms with E-state index in [0.717, 1.165) is 17.8 Å². The van der Waals surface area contributed by atoms with Gasteiger partial charge >= 0.3 is 6.18 Å². The molecular weight excluding hydrogens is 285 g/mol. The number of rotatable bonds is 4. The molecule has 20 heavy (non-hydrogen) atoms. The number of nitrogens with two attached hydrogens (primary N) is 1. The normalized spacial score (nSPS) is 13.2. The second kappa shape index (κ2) is 6.28. The highest BCUT2D eigenvalue weighted by atomic mass is 32.2. The molecule has 1 heterocycles. The Labute approximate surface area is 119 Å². The molecule has 0 fully saturated rings. The predicted octanol–water partition coefficient (Wildman–Crippen LogP) is 3.89. The van der Waals surface area contributed by atoms with E-state index in [-0.39, 0.29) is 6.04 Å². The highest BCUT2D eigenvalue weighted by Gasteiger charge is 2.30. The minimum atomic E-state index is -4.35. The molecule has 0 aliphatic heterocycles. The molecular formula is C14H13F3N2S. The van der Waals surface area contributed by atoms with Gasteiger partial charge in [0.2, 0.25) is 0 Å². The summed E-state index contributed by atoms with van der Waals surface area (Å²) in [5.41, 5.74) is 6.26. The fourth-order valence-electron chi connectivity index (χ4n) is 1.60. The SMILES string of the molecule is NC(CSc1ccc(C(F)(F)F)cn1)c1ccccc1. The van der Waals surface area contributed by atoms with Gasteiger partial charge in [-0.25, -0.2) is 4.98 Å². The third kappa shape index (κ3) is 3.98. The molecule has 6 heteroatoms. The summed E-state index contributed by atoms with van der Waals surface area (Å²) < 4.78 is 37.2. The van der Waals surface area contributed by atoms with Crippen molar-refractivity contribution in [2.45, 2.75) is 17.2 Å². The fraction of sp³-hybridized carbons (Fsp3) is 0.214. The average Bonchev–Trinajstić information content (AvgIpc) is 2.45. The van der Waals surface area contributed by atoms with Gasteiger partial charge in [-0.3, -0.25) is 0 Å². The molecule has 2 rings (SSSR count). The highest BCUT2D eigenvalue weighted by Crippen LogP contribution is 2.30. The van der Waals surface area contributed by atoms with E-state index in [1.54, 1.807) is 0 Å². The van der Waals surface area contributed by atoms with Crippen LogP contribution in [0.1, 0.15) is 17.2 Å².